The van der Waals surface area contributed by atoms with Gasteiger partial charge in [0.05, 0.1) is 36.0 Å². The number of likely N-dealkylation sites (N-methyl/N-ethyl adjacent to an activating group) is 1. The summed E-state index contributed by atoms with van der Waals surface area (Å²) in [5, 5.41) is 59.5. The Bertz CT molecular complexity index is 764. The number of allylic oxidation sites excluding steroid dienone is 2. The third kappa shape index (κ3) is 10.7. The van der Waals surface area contributed by atoms with Crippen LogP contribution in [0.4, 0.5) is 0 Å². The number of carbonyl (C=O) groups excluding carboxylic acids is 1. The average molecular weight is 660 g/mol. The molecule has 11 nitrogen and oxygen atoms in total. The molecule has 0 radical (unpaired) electrons. The number of alkyl halides is 1. The van der Waals surface area contributed by atoms with Crippen molar-refractivity contribution in [1.29, 1.82) is 0 Å². The first-order valence-electron chi connectivity index (χ1n) is 12.3. The molecule has 0 bridgehead atoms. The molecule has 0 aliphatic carbocycles. The van der Waals surface area contributed by atoms with Gasteiger partial charge in [-0.15, -0.1) is 0 Å². The Labute approximate surface area is 239 Å². The fraction of sp³-hybridized carbons (Fsp3) is 0.731. The van der Waals surface area contributed by atoms with Crippen LogP contribution in [0.3, 0.4) is 0 Å². The Morgan fingerprint density at radius 1 is 0.947 bits per heavy atom. The summed E-state index contributed by atoms with van der Waals surface area (Å²) >= 11 is 2.07. The van der Waals surface area contributed by atoms with Crippen molar-refractivity contribution in [3.63, 3.8) is 0 Å². The topological polar surface area (TPSA) is 169 Å². The first-order chi connectivity index (χ1) is 17.9. The molecule has 4 unspecified atom stereocenters. The number of ketones is 1. The van der Waals surface area contributed by atoms with Crippen LogP contribution in [0.15, 0.2) is 36.0 Å². The zero-order valence-electron chi connectivity index (χ0n) is 23.1. The van der Waals surface area contributed by atoms with Crippen molar-refractivity contribution < 1.29 is 49.6 Å². The van der Waals surface area contributed by atoms with Crippen LogP contribution in [0.5, 0.6) is 0 Å². The van der Waals surface area contributed by atoms with Gasteiger partial charge in [0, 0.05) is 45.4 Å². The third-order valence-electron chi connectivity index (χ3n) is 6.47. The Morgan fingerprint density at radius 3 is 1.87 bits per heavy atom. The first kappa shape index (κ1) is 37.2. The summed E-state index contributed by atoms with van der Waals surface area (Å²) in [6.07, 6.45) is -1.96. The highest BCUT2D eigenvalue weighted by Crippen LogP contribution is 2.27. The number of methoxy groups -OCH3 is 3. The number of hydrogen-bond donors (Lipinski definition) is 6. The van der Waals surface area contributed by atoms with Gasteiger partial charge in [0.15, 0.2) is 5.78 Å². The molecule has 0 saturated heterocycles. The van der Waals surface area contributed by atoms with E-state index in [1.165, 1.54) is 27.4 Å². The maximum atomic E-state index is 13.1. The van der Waals surface area contributed by atoms with Gasteiger partial charge in [-0.25, -0.2) is 0 Å². The highest BCUT2D eigenvalue weighted by atomic mass is 127. The number of nitrogens with zero attached hydrogens (tertiary/aromatic N) is 1. The van der Waals surface area contributed by atoms with Crippen LogP contribution < -0.4 is 0 Å². The summed E-state index contributed by atoms with van der Waals surface area (Å²) < 4.78 is 15.7. The molecule has 0 spiro atoms. The van der Waals surface area contributed by atoms with Gasteiger partial charge in [-0.2, -0.15) is 0 Å². The molecular formula is C26H46INO10. The zero-order chi connectivity index (χ0) is 29.6. The number of aliphatic hydroxyl groups excluding tert-OH is 6. The second kappa shape index (κ2) is 19.3. The largest absolute Gasteiger partial charge is 0.394 e. The van der Waals surface area contributed by atoms with E-state index in [9.17, 15) is 35.4 Å². The molecule has 0 saturated carbocycles. The van der Waals surface area contributed by atoms with Crippen molar-refractivity contribution in [2.75, 3.05) is 54.7 Å². The van der Waals surface area contributed by atoms with Gasteiger partial charge >= 0.3 is 0 Å². The molecule has 0 aliphatic heterocycles. The van der Waals surface area contributed by atoms with Crippen molar-refractivity contribution in [1.82, 2.24) is 4.90 Å². The molecular weight excluding hydrogens is 613 g/mol. The number of aliphatic hydroxyl groups is 6. The van der Waals surface area contributed by atoms with E-state index in [-0.39, 0.29) is 18.0 Å². The Morgan fingerprint density at radius 2 is 1.45 bits per heavy atom. The zero-order valence-corrected chi connectivity index (χ0v) is 25.3. The summed E-state index contributed by atoms with van der Waals surface area (Å²) in [4.78, 5) is 14.9. The highest BCUT2D eigenvalue weighted by molar-refractivity contribution is 14.1. The predicted octanol–water partition coefficient (Wildman–Crippen LogP) is -0.541. The van der Waals surface area contributed by atoms with E-state index in [1.807, 2.05) is 11.8 Å². The fourth-order valence-corrected chi connectivity index (χ4v) is 5.73. The molecule has 0 aromatic heterocycles. The average Bonchev–Trinajstić information content (AvgIpc) is 2.90. The number of rotatable bonds is 20. The van der Waals surface area contributed by atoms with Gasteiger partial charge in [0.25, 0.3) is 0 Å². The van der Waals surface area contributed by atoms with Crippen molar-refractivity contribution in [3.8, 4) is 0 Å². The first-order valence-corrected chi connectivity index (χ1v) is 13.5. The number of halogens is 1. The van der Waals surface area contributed by atoms with Crippen molar-refractivity contribution in [2.24, 2.45) is 5.92 Å². The summed E-state index contributed by atoms with van der Waals surface area (Å²) in [5.74, 6) is -0.807. The molecule has 0 aromatic carbocycles. The summed E-state index contributed by atoms with van der Waals surface area (Å²) in [5.41, 5.74) is 0.744. The number of hydrogen-bond acceptors (Lipinski definition) is 11. The van der Waals surface area contributed by atoms with Crippen LogP contribution in [0.1, 0.15) is 13.8 Å². The molecule has 0 amide bonds. The minimum Gasteiger partial charge on any atom is -0.394 e. The van der Waals surface area contributed by atoms with E-state index in [0.717, 1.165) is 0 Å². The monoisotopic (exact) mass is 659 g/mol. The molecule has 222 valence electrons. The molecule has 9 atom stereocenters. The van der Waals surface area contributed by atoms with Gasteiger partial charge in [0.1, 0.15) is 24.4 Å². The van der Waals surface area contributed by atoms with E-state index in [2.05, 4.69) is 29.2 Å². The Kier molecular flexibility index (Phi) is 18.9. The van der Waals surface area contributed by atoms with Crippen LogP contribution in [0.2, 0.25) is 0 Å². The predicted molar refractivity (Wildman–Crippen MR) is 152 cm³/mol. The van der Waals surface area contributed by atoms with E-state index < -0.39 is 72.2 Å². The second-order valence-corrected chi connectivity index (χ2v) is 10.5. The number of ether oxygens (including phenoxy) is 3. The third-order valence-corrected chi connectivity index (χ3v) is 7.91. The van der Waals surface area contributed by atoms with E-state index in [4.69, 9.17) is 14.2 Å². The molecule has 38 heavy (non-hydrogen) atoms. The van der Waals surface area contributed by atoms with Gasteiger partial charge in [0.2, 0.25) is 0 Å². The Balaban J connectivity index is 6.67. The smallest absolute Gasteiger partial charge is 0.183 e. The highest BCUT2D eigenvalue weighted by Gasteiger charge is 2.37. The maximum Gasteiger partial charge on any atom is 0.183 e. The van der Waals surface area contributed by atoms with Gasteiger partial charge in [-0.3, -0.25) is 9.69 Å². The van der Waals surface area contributed by atoms with Gasteiger partial charge in [-0.05, 0) is 20.0 Å². The fourth-order valence-electron chi connectivity index (χ4n) is 4.20. The summed E-state index contributed by atoms with van der Waals surface area (Å²) in [7, 11) is 5.90. The summed E-state index contributed by atoms with van der Waals surface area (Å²) in [6, 6.07) is -0.637. The minimum atomic E-state index is -1.38. The lowest BCUT2D eigenvalue weighted by Gasteiger charge is -2.37. The second-order valence-electron chi connectivity index (χ2n) is 9.09. The molecule has 0 aliphatic rings. The van der Waals surface area contributed by atoms with E-state index >= 15 is 0 Å². The van der Waals surface area contributed by atoms with Crippen LogP contribution >= 0.6 is 22.6 Å². The Hall–Kier alpha value is -0.780. The normalized spacial score (nSPS) is 20.0. The standard InChI is InChI=1S/C26H46INO10/c1-8-9-19(32)17(25(37-6)21(34)13-30)10-18(23(27)26(38-7)22(35)14-31)28(4)11-15(2)16(3)24(36-5)20(33)12-29/h8-10,16,18,20-26,29-31,33-35H,2,11-14H2,1,3-7H3/b9-8+,17-10-/t16?,18?,20?,21-,22+,23?,24+,25+,26+/m1/s1. The van der Waals surface area contributed by atoms with Gasteiger partial charge < -0.3 is 44.8 Å². The van der Waals surface area contributed by atoms with Crippen LogP contribution in [0, 0.1) is 5.92 Å². The van der Waals surface area contributed by atoms with Crippen molar-refractivity contribution in [2.45, 2.75) is 60.4 Å². The van der Waals surface area contributed by atoms with E-state index in [0.29, 0.717) is 5.57 Å². The quantitative estimate of drug-likeness (QED) is 0.0430. The van der Waals surface area contributed by atoms with Crippen molar-refractivity contribution in [3.05, 3.63) is 36.0 Å². The molecule has 0 aromatic rings. The minimum absolute atomic E-state index is 0.0862. The molecule has 0 rings (SSSR count). The molecule has 6 N–H and O–H groups in total. The summed E-state index contributed by atoms with van der Waals surface area (Å²) in [6.45, 7) is 6.19. The van der Waals surface area contributed by atoms with E-state index in [1.54, 1.807) is 26.1 Å². The lowest BCUT2D eigenvalue weighted by molar-refractivity contribution is -0.114. The lowest BCUT2D eigenvalue weighted by atomic mass is 9.91. The SMILES string of the molecule is C=C(CN(C)C(/C=C(/C(=O)/C=C/C)[C@H](OC)[C@H](O)CO)C(I)[C@@H](OC)[C@@H](O)CO)C(C)[C@H](OC)C(O)CO. The van der Waals surface area contributed by atoms with Crippen molar-refractivity contribution >= 4 is 28.4 Å². The van der Waals surface area contributed by atoms with Crippen LogP contribution in [0.25, 0.3) is 0 Å². The maximum absolute atomic E-state index is 13.1. The van der Waals surface area contributed by atoms with Gasteiger partial charge in [-0.1, -0.05) is 53.8 Å². The molecule has 12 heteroatoms. The van der Waals surface area contributed by atoms with Crippen LogP contribution in [-0.2, 0) is 19.0 Å². The molecule has 0 fully saturated rings. The lowest BCUT2D eigenvalue weighted by Crippen LogP contribution is -2.50. The molecule has 0 heterocycles. The van der Waals surface area contributed by atoms with Crippen LogP contribution in [-0.4, -0.2) is 143 Å². The number of carbonyl (C=O) groups is 1.